The van der Waals surface area contributed by atoms with E-state index in [4.69, 9.17) is 9.63 Å². The zero-order valence-electron chi connectivity index (χ0n) is 15.1. The molecule has 3 aromatic rings. The Hall–Kier alpha value is -3.33. The number of amides is 1. The maximum Gasteiger partial charge on any atom is 0.442 e. The van der Waals surface area contributed by atoms with Crippen LogP contribution in [-0.4, -0.2) is 27.5 Å². The lowest BCUT2D eigenvalue weighted by atomic mass is 10.1. The summed E-state index contributed by atoms with van der Waals surface area (Å²) in [6, 6.07) is 13.6. The Morgan fingerprint density at radius 2 is 1.93 bits per heavy atom. The minimum atomic E-state index is -1.08. The Bertz CT molecular complexity index is 1070. The van der Waals surface area contributed by atoms with E-state index < -0.39 is 16.8 Å². The largest absolute Gasteiger partial charge is 0.478 e. The summed E-state index contributed by atoms with van der Waals surface area (Å²) >= 11 is 1.04. The van der Waals surface area contributed by atoms with Gasteiger partial charge in [-0.1, -0.05) is 24.3 Å². The van der Waals surface area contributed by atoms with Crippen molar-refractivity contribution in [3.05, 3.63) is 70.1 Å². The SMILES string of the molecule is Cc1ccc(C(=O)O)cc1NC(=O)C(C)Sc1c(=O)o[nH][n+]1-c1ccccc1. The average molecular weight is 400 g/mol. The highest BCUT2D eigenvalue weighted by atomic mass is 32.2. The van der Waals surface area contributed by atoms with E-state index >= 15 is 0 Å². The van der Waals surface area contributed by atoms with Crippen molar-refractivity contribution < 1.29 is 23.9 Å². The van der Waals surface area contributed by atoms with E-state index in [1.54, 1.807) is 32.0 Å². The Kier molecular flexibility index (Phi) is 5.65. The first-order valence-corrected chi connectivity index (χ1v) is 9.25. The first-order chi connectivity index (χ1) is 13.4. The van der Waals surface area contributed by atoms with Crippen LogP contribution in [0.3, 0.4) is 0 Å². The molecular weight excluding hydrogens is 382 g/mol. The number of anilines is 1. The molecule has 2 aromatic carbocycles. The van der Waals surface area contributed by atoms with Crippen LogP contribution >= 0.6 is 11.8 Å². The number of H-pyrrole nitrogens is 1. The van der Waals surface area contributed by atoms with Crippen LogP contribution in [0.4, 0.5) is 5.69 Å². The molecule has 1 aromatic heterocycles. The topological polar surface area (TPSA) is 116 Å². The molecule has 9 heteroatoms. The molecule has 0 fully saturated rings. The molecule has 1 atom stereocenters. The third-order valence-corrected chi connectivity index (χ3v) is 5.16. The van der Waals surface area contributed by atoms with Gasteiger partial charge in [-0.25, -0.2) is 9.59 Å². The summed E-state index contributed by atoms with van der Waals surface area (Å²) in [5.41, 5.74) is 1.32. The molecule has 0 saturated carbocycles. The van der Waals surface area contributed by atoms with Crippen LogP contribution in [0.2, 0.25) is 0 Å². The van der Waals surface area contributed by atoms with Gasteiger partial charge in [0.05, 0.1) is 10.8 Å². The van der Waals surface area contributed by atoms with Gasteiger partial charge in [0.15, 0.2) is 0 Å². The Morgan fingerprint density at radius 1 is 1.21 bits per heavy atom. The lowest BCUT2D eigenvalue weighted by Gasteiger charge is -2.12. The summed E-state index contributed by atoms with van der Waals surface area (Å²) in [5.74, 6) is -1.44. The second-order valence-electron chi connectivity index (χ2n) is 6.04. The van der Waals surface area contributed by atoms with E-state index in [-0.39, 0.29) is 16.5 Å². The number of aromatic carboxylic acids is 1. The number of aromatic nitrogens is 2. The molecule has 0 aliphatic carbocycles. The lowest BCUT2D eigenvalue weighted by molar-refractivity contribution is -0.704. The van der Waals surface area contributed by atoms with Gasteiger partial charge in [0.1, 0.15) is 0 Å². The third kappa shape index (κ3) is 4.15. The van der Waals surface area contributed by atoms with Crippen molar-refractivity contribution in [2.75, 3.05) is 5.32 Å². The molecule has 0 radical (unpaired) electrons. The molecule has 0 aliphatic rings. The van der Waals surface area contributed by atoms with Crippen molar-refractivity contribution in [2.24, 2.45) is 0 Å². The summed E-state index contributed by atoms with van der Waals surface area (Å²) < 4.78 is 6.34. The number of hydrogen-bond donors (Lipinski definition) is 3. The number of carboxylic acids is 1. The minimum Gasteiger partial charge on any atom is -0.478 e. The average Bonchev–Trinajstić information content (AvgIpc) is 3.04. The van der Waals surface area contributed by atoms with Crippen molar-refractivity contribution in [3.8, 4) is 5.69 Å². The zero-order chi connectivity index (χ0) is 20.3. The lowest BCUT2D eigenvalue weighted by Crippen LogP contribution is -2.37. The van der Waals surface area contributed by atoms with Crippen LogP contribution in [0.25, 0.3) is 5.69 Å². The quantitative estimate of drug-likeness (QED) is 0.432. The van der Waals surface area contributed by atoms with Gasteiger partial charge in [0.2, 0.25) is 11.6 Å². The molecule has 0 bridgehead atoms. The number of rotatable bonds is 6. The first kappa shape index (κ1) is 19.4. The van der Waals surface area contributed by atoms with E-state index in [1.807, 2.05) is 18.2 Å². The summed E-state index contributed by atoms with van der Waals surface area (Å²) in [4.78, 5) is 35.8. The molecule has 0 saturated heterocycles. The molecule has 0 spiro atoms. The van der Waals surface area contributed by atoms with E-state index in [1.165, 1.54) is 16.8 Å². The molecule has 1 heterocycles. The molecule has 3 rings (SSSR count). The fourth-order valence-electron chi connectivity index (χ4n) is 2.46. The van der Waals surface area contributed by atoms with Gasteiger partial charge < -0.3 is 10.4 Å². The number of aryl methyl sites for hydroxylation is 1. The van der Waals surface area contributed by atoms with E-state index in [0.717, 1.165) is 17.3 Å². The number of nitrogens with one attached hydrogen (secondary N) is 2. The number of carbonyl (C=O) groups excluding carboxylic acids is 1. The highest BCUT2D eigenvalue weighted by Crippen LogP contribution is 2.22. The van der Waals surface area contributed by atoms with Gasteiger partial charge in [0.25, 0.3) is 0 Å². The predicted octanol–water partition coefficient (Wildman–Crippen LogP) is 2.37. The Labute approximate surface area is 164 Å². The number of benzene rings is 2. The van der Waals surface area contributed by atoms with Gasteiger partial charge in [-0.3, -0.25) is 9.32 Å². The fourth-order valence-corrected chi connectivity index (χ4v) is 3.34. The zero-order valence-corrected chi connectivity index (χ0v) is 15.9. The molecule has 0 aliphatic heterocycles. The van der Waals surface area contributed by atoms with E-state index in [2.05, 4.69) is 10.6 Å². The number of carbonyl (C=O) groups is 2. The Balaban J connectivity index is 1.79. The highest BCUT2D eigenvalue weighted by molar-refractivity contribution is 8.00. The minimum absolute atomic E-state index is 0.0782. The molecule has 28 heavy (non-hydrogen) atoms. The number of nitrogens with zero attached hydrogens (tertiary/aromatic N) is 1. The first-order valence-electron chi connectivity index (χ1n) is 8.37. The fraction of sp³-hybridized carbons (Fsp3) is 0.158. The van der Waals surface area contributed by atoms with Gasteiger partial charge in [0, 0.05) is 17.8 Å². The number of para-hydroxylation sites is 1. The number of carboxylic acid groups (broad SMARTS) is 1. The van der Waals surface area contributed by atoms with Crippen LogP contribution in [0.5, 0.6) is 0 Å². The number of aromatic amines is 1. The van der Waals surface area contributed by atoms with Crippen LogP contribution in [0.15, 0.2) is 62.9 Å². The van der Waals surface area contributed by atoms with Gasteiger partial charge >= 0.3 is 16.6 Å². The monoisotopic (exact) mass is 400 g/mol. The van der Waals surface area contributed by atoms with Crippen molar-refractivity contribution in [2.45, 2.75) is 24.1 Å². The van der Waals surface area contributed by atoms with Crippen molar-refractivity contribution in [3.63, 3.8) is 0 Å². The molecule has 8 nitrogen and oxygen atoms in total. The van der Waals surface area contributed by atoms with E-state index in [9.17, 15) is 14.4 Å². The summed E-state index contributed by atoms with van der Waals surface area (Å²) in [6.45, 7) is 3.42. The van der Waals surface area contributed by atoms with Crippen molar-refractivity contribution in [1.82, 2.24) is 5.27 Å². The molecule has 1 amide bonds. The van der Waals surface area contributed by atoms with Crippen LogP contribution in [0.1, 0.15) is 22.8 Å². The smallest absolute Gasteiger partial charge is 0.442 e. The van der Waals surface area contributed by atoms with Gasteiger partial charge in [-0.2, -0.15) is 0 Å². The maximum absolute atomic E-state index is 12.6. The molecule has 144 valence electrons. The molecule has 3 N–H and O–H groups in total. The summed E-state index contributed by atoms with van der Waals surface area (Å²) in [6.07, 6.45) is 0. The van der Waals surface area contributed by atoms with Crippen molar-refractivity contribution in [1.29, 1.82) is 0 Å². The second-order valence-corrected chi connectivity index (χ2v) is 7.37. The second kappa shape index (κ2) is 8.13. The van der Waals surface area contributed by atoms with Gasteiger partial charge in [-0.15, -0.1) is 0 Å². The molecule has 1 unspecified atom stereocenters. The number of thioether (sulfide) groups is 1. The Morgan fingerprint density at radius 3 is 2.61 bits per heavy atom. The van der Waals surface area contributed by atoms with Crippen LogP contribution in [0, 0.1) is 6.92 Å². The third-order valence-electron chi connectivity index (χ3n) is 4.02. The number of hydrogen-bond acceptors (Lipinski definition) is 5. The normalized spacial score (nSPS) is 11.8. The van der Waals surface area contributed by atoms with Crippen LogP contribution in [-0.2, 0) is 4.79 Å². The van der Waals surface area contributed by atoms with Crippen LogP contribution < -0.4 is 15.6 Å². The summed E-state index contributed by atoms with van der Waals surface area (Å²) in [7, 11) is 0. The molecular formula is C19H18N3O5S+. The van der Waals surface area contributed by atoms with Crippen molar-refractivity contribution >= 4 is 29.3 Å². The highest BCUT2D eigenvalue weighted by Gasteiger charge is 2.29. The van der Waals surface area contributed by atoms with E-state index in [0.29, 0.717) is 11.4 Å². The maximum atomic E-state index is 12.6. The predicted molar refractivity (Wildman–Crippen MR) is 103 cm³/mol. The van der Waals surface area contributed by atoms with Gasteiger partial charge in [-0.05, 0) is 53.3 Å². The summed E-state index contributed by atoms with van der Waals surface area (Å²) in [5, 5.41) is 14.0. The standard InChI is InChI=1S/C19H17N3O5S/c1-11-8-9-13(18(24)25)10-15(11)20-16(23)12(2)28-17-19(26)27-21-22(17)14-6-4-3-5-7-14/h3-10,12H,1-2H3,(H2-,20,21,23,24,25,26)/p+1.